The number of ether oxygens (including phenoxy) is 1. The number of nitrogens with zero attached hydrogens (tertiary/aromatic N) is 1. The number of alkyl halides is 5. The van der Waals surface area contributed by atoms with Crippen molar-refractivity contribution in [2.45, 2.75) is 51.4 Å². The first kappa shape index (κ1) is 35.9. The molecular formula is C28H30Cl2F5N3O5. The van der Waals surface area contributed by atoms with Crippen molar-refractivity contribution in [3.8, 4) is 5.75 Å². The Balaban J connectivity index is 2.47. The number of amides is 2. The summed E-state index contributed by atoms with van der Waals surface area (Å²) in [5.74, 6) is -11.0. The highest BCUT2D eigenvalue weighted by Gasteiger charge is 2.51. The molecule has 0 fully saturated rings. The number of methoxy groups -OCH3 is 1. The van der Waals surface area contributed by atoms with Gasteiger partial charge in [0.15, 0.2) is 5.78 Å². The van der Waals surface area contributed by atoms with E-state index in [1.54, 1.807) is 6.92 Å². The number of Topliss-reactive ketones (excluding diaryl/α,β-unsaturated/α-hetero) is 2. The average Bonchev–Trinajstić information content (AvgIpc) is 2.95. The number of ketones is 2. The van der Waals surface area contributed by atoms with E-state index >= 15 is 0 Å². The lowest BCUT2D eigenvalue weighted by Gasteiger charge is -2.32. The Hall–Kier alpha value is -3.29. The van der Waals surface area contributed by atoms with Crippen molar-refractivity contribution in [1.29, 1.82) is 0 Å². The smallest absolute Gasteiger partial charge is 0.405 e. The Morgan fingerprint density at radius 2 is 1.56 bits per heavy atom. The summed E-state index contributed by atoms with van der Waals surface area (Å²) in [4.78, 5) is 52.7. The number of benzene rings is 2. The van der Waals surface area contributed by atoms with Gasteiger partial charge in [-0.1, -0.05) is 56.1 Å². The van der Waals surface area contributed by atoms with Crippen molar-refractivity contribution in [3.05, 3.63) is 58.1 Å². The van der Waals surface area contributed by atoms with E-state index in [-0.39, 0.29) is 22.2 Å². The van der Waals surface area contributed by atoms with Crippen LogP contribution in [0.25, 0.3) is 0 Å². The van der Waals surface area contributed by atoms with Crippen LogP contribution >= 0.6 is 23.2 Å². The Morgan fingerprint density at radius 3 is 2.05 bits per heavy atom. The lowest BCUT2D eigenvalue weighted by Crippen LogP contribution is -2.57. The number of hydrogen-bond acceptors (Lipinski definition) is 6. The molecule has 2 rings (SSSR count). The fourth-order valence-electron chi connectivity index (χ4n) is 4.04. The van der Waals surface area contributed by atoms with Crippen molar-refractivity contribution in [2.75, 3.05) is 25.1 Å². The number of halogens is 7. The second-order valence-electron chi connectivity index (χ2n) is 9.70. The van der Waals surface area contributed by atoms with E-state index in [0.717, 1.165) is 10.2 Å². The van der Waals surface area contributed by atoms with Gasteiger partial charge in [0.1, 0.15) is 18.3 Å². The van der Waals surface area contributed by atoms with Crippen LogP contribution in [0.4, 0.5) is 27.6 Å². The molecular weight excluding hydrogens is 624 g/mol. The van der Waals surface area contributed by atoms with Gasteiger partial charge in [0.25, 0.3) is 5.91 Å². The van der Waals surface area contributed by atoms with Gasteiger partial charge in [-0.2, -0.15) is 22.0 Å². The summed E-state index contributed by atoms with van der Waals surface area (Å²) in [6.07, 6.45) is -5.04. The highest BCUT2D eigenvalue weighted by molar-refractivity contribution is 6.42. The van der Waals surface area contributed by atoms with Crippen molar-refractivity contribution in [2.24, 2.45) is 5.92 Å². The minimum Gasteiger partial charge on any atom is -0.497 e. The maximum absolute atomic E-state index is 14.6. The SMILES string of the molecule is CCC(=O)N(c1ccc(Cl)c(Cl)c1)C(C(=O)CN[C@H](C(=O)C(F)(F)C(=O)NCC(F)(F)F)C(C)C)c1ccc(OC)cc1. The standard InChI is InChI=1S/C28H30Cl2F5N3O5/c1-5-22(40)38(17-8-11-19(29)20(30)12-17)24(16-6-9-18(43-4)10-7-16)21(39)13-36-23(15(2)3)25(41)28(34,35)26(42)37-14-27(31,32)33/h6-12,15,23-24,36H,5,13-14H2,1-4H3,(H,37,42)/t23-,24?/m0/s1. The second kappa shape index (κ2) is 14.9. The third kappa shape index (κ3) is 9.35. The molecule has 0 aromatic heterocycles. The number of anilines is 1. The summed E-state index contributed by atoms with van der Waals surface area (Å²) >= 11 is 12.2. The number of nitrogens with one attached hydrogen (secondary N) is 2. The molecule has 43 heavy (non-hydrogen) atoms. The van der Waals surface area contributed by atoms with Crippen molar-refractivity contribution >= 4 is 52.3 Å². The van der Waals surface area contributed by atoms with Crippen LogP contribution in [-0.4, -0.2) is 61.7 Å². The Kier molecular flexibility index (Phi) is 12.5. The summed E-state index contributed by atoms with van der Waals surface area (Å²) in [5, 5.41) is 3.69. The van der Waals surface area contributed by atoms with Crippen LogP contribution in [0.5, 0.6) is 5.75 Å². The van der Waals surface area contributed by atoms with Crippen LogP contribution < -0.4 is 20.3 Å². The van der Waals surface area contributed by atoms with E-state index < -0.39 is 66.6 Å². The molecule has 0 saturated carbocycles. The first-order valence-corrected chi connectivity index (χ1v) is 13.6. The molecule has 0 aliphatic carbocycles. The zero-order valence-corrected chi connectivity index (χ0v) is 25.0. The quantitative estimate of drug-likeness (QED) is 0.205. The van der Waals surface area contributed by atoms with Crippen molar-refractivity contribution < 1.29 is 45.9 Å². The third-order valence-corrected chi connectivity index (χ3v) is 6.98. The van der Waals surface area contributed by atoms with E-state index in [9.17, 15) is 41.1 Å². The molecule has 15 heteroatoms. The first-order valence-electron chi connectivity index (χ1n) is 12.9. The van der Waals surface area contributed by atoms with Crippen LogP contribution in [0.3, 0.4) is 0 Å². The van der Waals surface area contributed by atoms with Gasteiger partial charge in [-0.15, -0.1) is 0 Å². The predicted molar refractivity (Wildman–Crippen MR) is 151 cm³/mol. The van der Waals surface area contributed by atoms with Crippen LogP contribution in [0.2, 0.25) is 10.0 Å². The molecule has 2 amide bonds. The van der Waals surface area contributed by atoms with E-state index in [0.29, 0.717) is 11.3 Å². The maximum Gasteiger partial charge on any atom is 0.405 e. The van der Waals surface area contributed by atoms with Gasteiger partial charge >= 0.3 is 12.1 Å². The minimum atomic E-state index is -4.98. The summed E-state index contributed by atoms with van der Waals surface area (Å²) in [6.45, 7) is 1.42. The number of hydrogen-bond donors (Lipinski definition) is 2. The normalized spacial score (nSPS) is 13.3. The third-order valence-electron chi connectivity index (χ3n) is 6.24. The van der Waals surface area contributed by atoms with Crippen LogP contribution in [0, 0.1) is 5.92 Å². The topological polar surface area (TPSA) is 105 Å². The molecule has 0 heterocycles. The number of rotatable bonds is 14. The van der Waals surface area contributed by atoms with Crippen molar-refractivity contribution in [3.63, 3.8) is 0 Å². The van der Waals surface area contributed by atoms with E-state index in [2.05, 4.69) is 5.32 Å². The summed E-state index contributed by atoms with van der Waals surface area (Å²) < 4.78 is 71.7. The van der Waals surface area contributed by atoms with Gasteiger partial charge in [-0.3, -0.25) is 24.1 Å². The van der Waals surface area contributed by atoms with Gasteiger partial charge in [0.2, 0.25) is 11.7 Å². The lowest BCUT2D eigenvalue weighted by molar-refractivity contribution is -0.165. The molecule has 236 valence electrons. The molecule has 2 aromatic carbocycles. The highest BCUT2D eigenvalue weighted by Crippen LogP contribution is 2.34. The van der Waals surface area contributed by atoms with Crippen LogP contribution in [0.15, 0.2) is 42.5 Å². The molecule has 2 N–H and O–H groups in total. The molecule has 2 aromatic rings. The number of carbonyl (C=O) groups is 4. The predicted octanol–water partition coefficient (Wildman–Crippen LogP) is 5.55. The first-order chi connectivity index (χ1) is 19.9. The summed E-state index contributed by atoms with van der Waals surface area (Å²) in [7, 11) is 1.42. The monoisotopic (exact) mass is 653 g/mol. The van der Waals surface area contributed by atoms with E-state index in [4.69, 9.17) is 27.9 Å². The molecule has 0 radical (unpaired) electrons. The average molecular weight is 654 g/mol. The fraction of sp³-hybridized carbons (Fsp3) is 0.429. The van der Waals surface area contributed by atoms with Crippen LogP contribution in [0.1, 0.15) is 38.8 Å². The minimum absolute atomic E-state index is 0.0556. The zero-order chi connectivity index (χ0) is 32.7. The van der Waals surface area contributed by atoms with Gasteiger partial charge in [0, 0.05) is 12.1 Å². The van der Waals surface area contributed by atoms with Gasteiger partial charge < -0.3 is 15.4 Å². The lowest BCUT2D eigenvalue weighted by atomic mass is 9.94. The number of carbonyl (C=O) groups excluding carboxylic acids is 4. The molecule has 0 aliphatic heterocycles. The summed E-state index contributed by atoms with van der Waals surface area (Å²) in [6, 6.07) is 7.16. The molecule has 0 saturated heterocycles. The largest absolute Gasteiger partial charge is 0.497 e. The second-order valence-corrected chi connectivity index (χ2v) is 10.5. The van der Waals surface area contributed by atoms with Crippen LogP contribution in [-0.2, 0) is 19.2 Å². The fourth-order valence-corrected chi connectivity index (χ4v) is 4.34. The van der Waals surface area contributed by atoms with Gasteiger partial charge in [0.05, 0.1) is 29.7 Å². The van der Waals surface area contributed by atoms with E-state index in [1.807, 2.05) is 0 Å². The summed E-state index contributed by atoms with van der Waals surface area (Å²) in [5.41, 5.74) is 0.490. The Bertz CT molecular complexity index is 1320. The maximum atomic E-state index is 14.6. The Labute approximate surface area is 254 Å². The molecule has 8 nitrogen and oxygen atoms in total. The zero-order valence-electron chi connectivity index (χ0n) is 23.5. The molecule has 0 bridgehead atoms. The molecule has 0 aliphatic rings. The van der Waals surface area contributed by atoms with Crippen molar-refractivity contribution in [1.82, 2.24) is 10.6 Å². The molecule has 2 atom stereocenters. The van der Waals surface area contributed by atoms with E-state index in [1.165, 1.54) is 63.4 Å². The molecule has 0 spiro atoms. The Morgan fingerprint density at radius 1 is 0.953 bits per heavy atom. The highest BCUT2D eigenvalue weighted by atomic mass is 35.5. The van der Waals surface area contributed by atoms with Gasteiger partial charge in [-0.25, -0.2) is 0 Å². The molecule has 1 unspecified atom stereocenters. The van der Waals surface area contributed by atoms with Gasteiger partial charge in [-0.05, 0) is 41.8 Å².